The number of aromatic nitrogens is 2. The van der Waals surface area contributed by atoms with Gasteiger partial charge in [0.25, 0.3) is 5.56 Å². The summed E-state index contributed by atoms with van der Waals surface area (Å²) in [7, 11) is 0. The van der Waals surface area contributed by atoms with E-state index in [0.717, 1.165) is 27.0 Å². The SMILES string of the molecule is Cc1cc(-n2nc(C(C)C)c(CN)cc2=O)ccc1Br. The van der Waals surface area contributed by atoms with Crippen molar-refractivity contribution in [1.29, 1.82) is 0 Å². The van der Waals surface area contributed by atoms with Crippen molar-refractivity contribution < 1.29 is 0 Å². The lowest BCUT2D eigenvalue weighted by Gasteiger charge is -2.14. The summed E-state index contributed by atoms with van der Waals surface area (Å²) in [5.41, 5.74) is 9.05. The molecule has 1 heterocycles. The first-order valence-electron chi connectivity index (χ1n) is 6.53. The summed E-state index contributed by atoms with van der Waals surface area (Å²) in [6, 6.07) is 7.31. The van der Waals surface area contributed by atoms with Crippen molar-refractivity contribution in [3.8, 4) is 5.69 Å². The van der Waals surface area contributed by atoms with Crippen LogP contribution in [0.15, 0.2) is 33.5 Å². The number of rotatable bonds is 3. The van der Waals surface area contributed by atoms with Crippen molar-refractivity contribution in [2.75, 3.05) is 0 Å². The van der Waals surface area contributed by atoms with Crippen LogP contribution in [0.25, 0.3) is 5.69 Å². The van der Waals surface area contributed by atoms with Gasteiger partial charge in [0.15, 0.2) is 0 Å². The first kappa shape index (κ1) is 14.9. The molecule has 2 aromatic rings. The van der Waals surface area contributed by atoms with Gasteiger partial charge >= 0.3 is 0 Å². The lowest BCUT2D eigenvalue weighted by molar-refractivity contribution is 0.694. The molecule has 0 fully saturated rings. The van der Waals surface area contributed by atoms with Gasteiger partial charge in [-0.1, -0.05) is 29.8 Å². The highest BCUT2D eigenvalue weighted by Gasteiger charge is 2.12. The molecule has 1 aromatic carbocycles. The zero-order valence-corrected chi connectivity index (χ0v) is 13.4. The van der Waals surface area contributed by atoms with Gasteiger partial charge in [-0.15, -0.1) is 0 Å². The molecule has 106 valence electrons. The highest BCUT2D eigenvalue weighted by atomic mass is 79.9. The maximum absolute atomic E-state index is 12.2. The highest BCUT2D eigenvalue weighted by Crippen LogP contribution is 2.20. The van der Waals surface area contributed by atoms with Gasteiger partial charge in [0.1, 0.15) is 0 Å². The van der Waals surface area contributed by atoms with Gasteiger partial charge in [-0.2, -0.15) is 9.78 Å². The molecule has 2 rings (SSSR count). The second-order valence-electron chi connectivity index (χ2n) is 5.10. The van der Waals surface area contributed by atoms with Crippen molar-refractivity contribution in [2.45, 2.75) is 33.2 Å². The van der Waals surface area contributed by atoms with Crippen molar-refractivity contribution in [3.05, 3.63) is 55.9 Å². The van der Waals surface area contributed by atoms with E-state index in [4.69, 9.17) is 5.73 Å². The fourth-order valence-corrected chi connectivity index (χ4v) is 2.35. The molecule has 0 saturated carbocycles. The highest BCUT2D eigenvalue weighted by molar-refractivity contribution is 9.10. The molecule has 0 radical (unpaired) electrons. The molecular formula is C15H18BrN3O. The van der Waals surface area contributed by atoms with E-state index in [1.807, 2.05) is 39.0 Å². The maximum atomic E-state index is 12.2. The van der Waals surface area contributed by atoms with E-state index in [-0.39, 0.29) is 11.5 Å². The second-order valence-corrected chi connectivity index (χ2v) is 5.95. The number of halogens is 1. The van der Waals surface area contributed by atoms with E-state index in [1.165, 1.54) is 4.68 Å². The van der Waals surface area contributed by atoms with E-state index in [9.17, 15) is 4.79 Å². The minimum absolute atomic E-state index is 0.156. The first-order valence-corrected chi connectivity index (χ1v) is 7.33. The molecule has 20 heavy (non-hydrogen) atoms. The Kier molecular flexibility index (Phi) is 4.40. The standard InChI is InChI=1S/C15H18BrN3O/c1-9(2)15-11(8-17)7-14(20)19(18-15)12-4-5-13(16)10(3)6-12/h4-7,9H,8,17H2,1-3H3. The number of aryl methyl sites for hydroxylation is 1. The molecule has 0 aliphatic rings. The Morgan fingerprint density at radius 2 is 2.05 bits per heavy atom. The lowest BCUT2D eigenvalue weighted by atomic mass is 10.0. The summed E-state index contributed by atoms with van der Waals surface area (Å²) in [5.74, 6) is 0.219. The third-order valence-corrected chi connectivity index (χ3v) is 4.09. The molecule has 0 aliphatic carbocycles. The first-order chi connectivity index (χ1) is 9.43. The Labute approximate surface area is 126 Å². The summed E-state index contributed by atoms with van der Waals surface area (Å²) in [4.78, 5) is 12.2. The largest absolute Gasteiger partial charge is 0.326 e. The van der Waals surface area contributed by atoms with Crippen molar-refractivity contribution in [2.24, 2.45) is 5.73 Å². The van der Waals surface area contributed by atoms with Crippen LogP contribution in [0.5, 0.6) is 0 Å². The van der Waals surface area contributed by atoms with Gasteiger partial charge in [-0.3, -0.25) is 4.79 Å². The van der Waals surface area contributed by atoms with Gasteiger partial charge in [0, 0.05) is 17.1 Å². The minimum atomic E-state index is -0.156. The Morgan fingerprint density at radius 3 is 2.60 bits per heavy atom. The monoisotopic (exact) mass is 335 g/mol. The topological polar surface area (TPSA) is 60.9 Å². The normalized spacial score (nSPS) is 11.1. The molecule has 0 amide bonds. The summed E-state index contributed by atoms with van der Waals surface area (Å²) in [6.45, 7) is 6.40. The van der Waals surface area contributed by atoms with Crippen LogP contribution in [0.1, 0.15) is 36.6 Å². The average molecular weight is 336 g/mol. The fraction of sp³-hybridized carbons (Fsp3) is 0.333. The molecular weight excluding hydrogens is 318 g/mol. The minimum Gasteiger partial charge on any atom is -0.326 e. The fourth-order valence-electron chi connectivity index (χ4n) is 2.10. The van der Waals surface area contributed by atoms with Gasteiger partial charge in [0.2, 0.25) is 0 Å². The zero-order chi connectivity index (χ0) is 14.9. The maximum Gasteiger partial charge on any atom is 0.271 e. The van der Waals surface area contributed by atoms with Crippen LogP contribution in [0.2, 0.25) is 0 Å². The summed E-state index contributed by atoms with van der Waals surface area (Å²) in [6.07, 6.45) is 0. The number of nitrogens with zero attached hydrogens (tertiary/aromatic N) is 2. The van der Waals surface area contributed by atoms with Gasteiger partial charge < -0.3 is 5.73 Å². The van der Waals surface area contributed by atoms with Crippen molar-refractivity contribution in [3.63, 3.8) is 0 Å². The number of benzene rings is 1. The molecule has 2 N–H and O–H groups in total. The molecule has 0 bridgehead atoms. The van der Waals surface area contributed by atoms with Crippen LogP contribution in [0.3, 0.4) is 0 Å². The summed E-state index contributed by atoms with van der Waals surface area (Å²) in [5, 5.41) is 4.49. The average Bonchev–Trinajstić information content (AvgIpc) is 2.41. The van der Waals surface area contributed by atoms with Crippen LogP contribution in [-0.4, -0.2) is 9.78 Å². The van der Waals surface area contributed by atoms with E-state index in [2.05, 4.69) is 21.0 Å². The quantitative estimate of drug-likeness (QED) is 0.938. The van der Waals surface area contributed by atoms with Crippen molar-refractivity contribution in [1.82, 2.24) is 9.78 Å². The Balaban J connectivity index is 2.65. The van der Waals surface area contributed by atoms with Crippen LogP contribution in [0, 0.1) is 6.92 Å². The number of hydrogen-bond acceptors (Lipinski definition) is 3. The van der Waals surface area contributed by atoms with Crippen LogP contribution in [0.4, 0.5) is 0 Å². The molecule has 4 nitrogen and oxygen atoms in total. The predicted molar refractivity (Wildman–Crippen MR) is 84.3 cm³/mol. The third-order valence-electron chi connectivity index (χ3n) is 3.20. The summed E-state index contributed by atoms with van der Waals surface area (Å²) < 4.78 is 2.45. The van der Waals surface area contributed by atoms with E-state index >= 15 is 0 Å². The third kappa shape index (κ3) is 2.83. The number of nitrogens with two attached hydrogens (primary N) is 1. The molecule has 0 spiro atoms. The lowest BCUT2D eigenvalue weighted by Crippen LogP contribution is -2.25. The smallest absolute Gasteiger partial charge is 0.271 e. The van der Waals surface area contributed by atoms with Crippen LogP contribution < -0.4 is 11.3 Å². The van der Waals surface area contributed by atoms with Gasteiger partial charge in [-0.05, 0) is 42.2 Å². The van der Waals surface area contributed by atoms with Gasteiger partial charge in [0.05, 0.1) is 11.4 Å². The van der Waals surface area contributed by atoms with E-state index in [1.54, 1.807) is 6.07 Å². The zero-order valence-electron chi connectivity index (χ0n) is 11.9. The van der Waals surface area contributed by atoms with Crippen molar-refractivity contribution >= 4 is 15.9 Å². The van der Waals surface area contributed by atoms with E-state index < -0.39 is 0 Å². The second kappa shape index (κ2) is 5.89. The van der Waals surface area contributed by atoms with Crippen LogP contribution in [-0.2, 0) is 6.54 Å². The Hall–Kier alpha value is -1.46. The Morgan fingerprint density at radius 1 is 1.35 bits per heavy atom. The summed E-state index contributed by atoms with van der Waals surface area (Å²) >= 11 is 3.46. The molecule has 1 aromatic heterocycles. The molecule has 0 saturated heterocycles. The van der Waals surface area contributed by atoms with E-state index in [0.29, 0.717) is 6.54 Å². The van der Waals surface area contributed by atoms with Crippen LogP contribution >= 0.6 is 15.9 Å². The molecule has 5 heteroatoms. The number of hydrogen-bond donors (Lipinski definition) is 1. The van der Waals surface area contributed by atoms with Gasteiger partial charge in [-0.25, -0.2) is 0 Å². The molecule has 0 unspecified atom stereocenters. The molecule has 0 atom stereocenters. The molecule has 0 aliphatic heterocycles. The Bertz CT molecular complexity index is 692. The predicted octanol–water partition coefficient (Wildman–Crippen LogP) is 2.89.